The van der Waals surface area contributed by atoms with E-state index in [9.17, 15) is 29.3 Å². The van der Waals surface area contributed by atoms with Gasteiger partial charge in [0.2, 0.25) is 5.91 Å². The van der Waals surface area contributed by atoms with Crippen molar-refractivity contribution in [1.29, 1.82) is 0 Å². The van der Waals surface area contributed by atoms with Crippen LogP contribution in [0.25, 0.3) is 0 Å². The summed E-state index contributed by atoms with van der Waals surface area (Å²) in [6, 6.07) is 13.2. The molecule has 1 aliphatic rings. The van der Waals surface area contributed by atoms with E-state index in [1.807, 2.05) is 0 Å². The fourth-order valence-corrected chi connectivity index (χ4v) is 2.86. The highest BCUT2D eigenvalue weighted by molar-refractivity contribution is 5.99. The Kier molecular flexibility index (Phi) is 6.16. The quantitative estimate of drug-likeness (QED) is 0.316. The van der Waals surface area contributed by atoms with Crippen LogP contribution in [0.2, 0.25) is 0 Å². The monoisotopic (exact) mass is 411 g/mol. The predicted octanol–water partition coefficient (Wildman–Crippen LogP) is 1.51. The van der Waals surface area contributed by atoms with Gasteiger partial charge >= 0.3 is 5.97 Å². The summed E-state index contributed by atoms with van der Waals surface area (Å²) in [5, 5.41) is 11.7. The largest absolute Gasteiger partial charge is 0.457 e. The Morgan fingerprint density at radius 3 is 2.37 bits per heavy atom. The maximum Gasteiger partial charge on any atom is 0.311 e. The molecular formula is C20H17N3O7. The molecule has 0 saturated carbocycles. The summed E-state index contributed by atoms with van der Waals surface area (Å²) < 4.78 is 5.02. The van der Waals surface area contributed by atoms with Crippen molar-refractivity contribution in [3.63, 3.8) is 0 Å². The number of amides is 2. The first-order valence-corrected chi connectivity index (χ1v) is 8.96. The molecule has 0 bridgehead atoms. The number of rotatable bonds is 7. The van der Waals surface area contributed by atoms with Crippen LogP contribution in [-0.2, 0) is 14.3 Å². The van der Waals surface area contributed by atoms with Gasteiger partial charge in [-0.25, -0.2) is 0 Å². The molecule has 2 amide bonds. The Labute approximate surface area is 170 Å². The second-order valence-electron chi connectivity index (χ2n) is 6.55. The minimum absolute atomic E-state index is 0.101. The molecule has 1 heterocycles. The first-order valence-electron chi connectivity index (χ1n) is 8.96. The molecule has 0 unspecified atom stereocenters. The van der Waals surface area contributed by atoms with E-state index in [1.165, 1.54) is 24.3 Å². The molecule has 154 valence electrons. The Morgan fingerprint density at radius 2 is 1.73 bits per heavy atom. The van der Waals surface area contributed by atoms with Gasteiger partial charge in [0, 0.05) is 29.7 Å². The van der Waals surface area contributed by atoms with Gasteiger partial charge in [-0.05, 0) is 12.1 Å². The fraction of sp³-hybridized carbons (Fsp3) is 0.200. The van der Waals surface area contributed by atoms with Gasteiger partial charge in [-0.15, -0.1) is 0 Å². The van der Waals surface area contributed by atoms with Crippen molar-refractivity contribution in [3.05, 3.63) is 75.8 Å². The Morgan fingerprint density at radius 1 is 1.07 bits per heavy atom. The van der Waals surface area contributed by atoms with Gasteiger partial charge in [-0.3, -0.25) is 39.7 Å². The molecule has 0 spiro atoms. The van der Waals surface area contributed by atoms with Crippen LogP contribution in [0.4, 0.5) is 5.69 Å². The van der Waals surface area contributed by atoms with Crippen LogP contribution >= 0.6 is 0 Å². The molecule has 10 heteroatoms. The minimum Gasteiger partial charge on any atom is -0.457 e. The van der Waals surface area contributed by atoms with Gasteiger partial charge < -0.3 is 4.74 Å². The lowest BCUT2D eigenvalue weighted by Crippen LogP contribution is -2.43. The summed E-state index contributed by atoms with van der Waals surface area (Å²) >= 11 is 0. The molecular weight excluding hydrogens is 394 g/mol. The lowest BCUT2D eigenvalue weighted by molar-refractivity contribution is -0.384. The van der Waals surface area contributed by atoms with Crippen LogP contribution in [0.5, 0.6) is 0 Å². The van der Waals surface area contributed by atoms with Crippen molar-refractivity contribution in [3.8, 4) is 0 Å². The van der Waals surface area contributed by atoms with E-state index in [2.05, 4.69) is 5.43 Å². The van der Waals surface area contributed by atoms with Crippen LogP contribution in [-0.4, -0.2) is 46.7 Å². The van der Waals surface area contributed by atoms with Crippen LogP contribution < -0.4 is 5.43 Å². The van der Waals surface area contributed by atoms with E-state index >= 15 is 0 Å². The highest BCUT2D eigenvalue weighted by atomic mass is 16.6. The van der Waals surface area contributed by atoms with E-state index in [0.29, 0.717) is 5.56 Å². The number of benzene rings is 2. The third-order valence-corrected chi connectivity index (χ3v) is 4.48. The van der Waals surface area contributed by atoms with Crippen LogP contribution in [0.3, 0.4) is 0 Å². The molecule has 1 N–H and O–H groups in total. The Hall–Kier alpha value is -4.08. The number of nitrogens with one attached hydrogen (secondary N) is 1. The number of esters is 1. The number of hydrazine groups is 1. The molecule has 3 rings (SSSR count). The van der Waals surface area contributed by atoms with Crippen molar-refractivity contribution in [2.45, 2.75) is 6.42 Å². The predicted molar refractivity (Wildman–Crippen MR) is 102 cm³/mol. The second kappa shape index (κ2) is 8.95. The van der Waals surface area contributed by atoms with Crippen molar-refractivity contribution < 1.29 is 28.8 Å². The van der Waals surface area contributed by atoms with Crippen LogP contribution in [0.15, 0.2) is 54.6 Å². The summed E-state index contributed by atoms with van der Waals surface area (Å²) in [6.07, 6.45) is -0.168. The number of carbonyl (C=O) groups excluding carboxylic acids is 4. The number of ether oxygens (including phenoxy) is 1. The third-order valence-electron chi connectivity index (χ3n) is 4.48. The number of nitrogens with zero attached hydrogens (tertiary/aromatic N) is 2. The van der Waals surface area contributed by atoms with E-state index in [4.69, 9.17) is 4.74 Å². The lowest BCUT2D eigenvalue weighted by Gasteiger charge is -2.17. The molecule has 1 saturated heterocycles. The standard InChI is InChI=1S/C20H17N3O7/c24-17(13-4-2-1-3-5-13)12-30-20(27)15-10-18(25)22(11-15)21-19(26)14-6-8-16(9-7-14)23(28)29/h1-9,15H,10-12H2,(H,21,26)/t15-/m1/s1. The molecule has 2 aromatic carbocycles. The van der Waals surface area contributed by atoms with Gasteiger partial charge in [0.1, 0.15) is 0 Å². The van der Waals surface area contributed by atoms with Gasteiger partial charge in [-0.2, -0.15) is 0 Å². The molecule has 1 fully saturated rings. The number of non-ortho nitro benzene ring substituents is 1. The fourth-order valence-electron chi connectivity index (χ4n) is 2.86. The Bertz CT molecular complexity index is 989. The van der Waals surface area contributed by atoms with Crippen LogP contribution in [0, 0.1) is 16.0 Å². The van der Waals surface area contributed by atoms with E-state index in [0.717, 1.165) is 5.01 Å². The SMILES string of the molecule is O=C(COC(=O)[C@@H]1CC(=O)N(NC(=O)c2ccc([N+](=O)[O-])cc2)C1)c1ccccc1. The van der Waals surface area contributed by atoms with Gasteiger partial charge in [0.25, 0.3) is 11.6 Å². The highest BCUT2D eigenvalue weighted by Crippen LogP contribution is 2.19. The number of hydrogen-bond donors (Lipinski definition) is 1. The molecule has 1 atom stereocenters. The van der Waals surface area contributed by atoms with Gasteiger partial charge in [-0.1, -0.05) is 30.3 Å². The minimum atomic E-state index is -0.821. The summed E-state index contributed by atoms with van der Waals surface area (Å²) in [5.41, 5.74) is 2.73. The zero-order valence-electron chi connectivity index (χ0n) is 15.6. The zero-order chi connectivity index (χ0) is 21.7. The average molecular weight is 411 g/mol. The summed E-state index contributed by atoms with van der Waals surface area (Å²) in [5.74, 6) is -3.03. The zero-order valence-corrected chi connectivity index (χ0v) is 15.6. The lowest BCUT2D eigenvalue weighted by atomic mass is 10.1. The molecule has 1 aliphatic heterocycles. The number of ketones is 1. The molecule has 10 nitrogen and oxygen atoms in total. The third kappa shape index (κ3) is 4.85. The van der Waals surface area contributed by atoms with E-state index in [1.54, 1.807) is 30.3 Å². The first kappa shape index (κ1) is 20.6. The van der Waals surface area contributed by atoms with Crippen molar-refractivity contribution >= 4 is 29.3 Å². The molecule has 0 radical (unpaired) electrons. The van der Waals surface area contributed by atoms with Crippen molar-refractivity contribution in [2.75, 3.05) is 13.2 Å². The molecule has 2 aromatic rings. The highest BCUT2D eigenvalue weighted by Gasteiger charge is 2.36. The maximum atomic E-state index is 12.2. The van der Waals surface area contributed by atoms with E-state index in [-0.39, 0.29) is 30.0 Å². The average Bonchev–Trinajstić information content (AvgIpc) is 3.12. The second-order valence-corrected chi connectivity index (χ2v) is 6.55. The number of nitro groups is 1. The Balaban J connectivity index is 1.52. The van der Waals surface area contributed by atoms with E-state index < -0.39 is 35.2 Å². The first-order chi connectivity index (χ1) is 14.3. The summed E-state index contributed by atoms with van der Waals surface area (Å²) in [6.45, 7) is -0.543. The molecule has 0 aliphatic carbocycles. The number of carbonyl (C=O) groups is 4. The molecule has 0 aromatic heterocycles. The topological polar surface area (TPSA) is 136 Å². The van der Waals surface area contributed by atoms with Crippen LogP contribution in [0.1, 0.15) is 27.1 Å². The number of nitro benzene ring substituents is 1. The van der Waals surface area contributed by atoms with Gasteiger partial charge in [0.15, 0.2) is 12.4 Å². The normalized spacial score (nSPS) is 15.5. The number of hydrogen-bond acceptors (Lipinski definition) is 7. The number of Topliss-reactive ketones (excluding diaryl/α,β-unsaturated/α-hetero) is 1. The van der Waals surface area contributed by atoms with Crippen molar-refractivity contribution in [2.24, 2.45) is 5.92 Å². The maximum absolute atomic E-state index is 12.2. The smallest absolute Gasteiger partial charge is 0.311 e. The van der Waals surface area contributed by atoms with Crippen molar-refractivity contribution in [1.82, 2.24) is 10.4 Å². The molecule has 30 heavy (non-hydrogen) atoms. The van der Waals surface area contributed by atoms with Gasteiger partial charge in [0.05, 0.1) is 17.4 Å². The summed E-state index contributed by atoms with van der Waals surface area (Å²) in [4.78, 5) is 58.6. The summed E-state index contributed by atoms with van der Waals surface area (Å²) in [7, 11) is 0.